The zero-order chi connectivity index (χ0) is 27.7. The summed E-state index contributed by atoms with van der Waals surface area (Å²) >= 11 is 0. The van der Waals surface area contributed by atoms with Crippen LogP contribution in [0.3, 0.4) is 0 Å². The molecule has 2 aromatic carbocycles. The highest BCUT2D eigenvalue weighted by molar-refractivity contribution is 5.99. The van der Waals surface area contributed by atoms with E-state index in [1.165, 1.54) is 25.3 Å². The second-order valence-electron chi connectivity index (χ2n) is 8.70. The highest BCUT2D eigenvalue weighted by Gasteiger charge is 2.38. The summed E-state index contributed by atoms with van der Waals surface area (Å²) in [7, 11) is 2.90. The average Bonchev–Trinajstić information content (AvgIpc) is 2.91. The van der Waals surface area contributed by atoms with Crippen molar-refractivity contribution in [3.63, 3.8) is 0 Å². The number of nitro groups is 1. The number of rotatable bonds is 12. The van der Waals surface area contributed by atoms with Gasteiger partial charge in [0.2, 0.25) is 0 Å². The maximum Gasteiger partial charge on any atom is 0.336 e. The van der Waals surface area contributed by atoms with Crippen molar-refractivity contribution in [2.75, 3.05) is 34.0 Å². The topological polar surface area (TPSA) is 126 Å². The van der Waals surface area contributed by atoms with Crippen LogP contribution in [-0.4, -0.2) is 50.9 Å². The average molecular weight is 525 g/mol. The van der Waals surface area contributed by atoms with Gasteiger partial charge in [0.15, 0.2) is 0 Å². The van der Waals surface area contributed by atoms with Crippen molar-refractivity contribution >= 4 is 17.6 Å². The van der Waals surface area contributed by atoms with Crippen molar-refractivity contribution < 1.29 is 33.5 Å². The minimum atomic E-state index is -0.899. The van der Waals surface area contributed by atoms with Crippen LogP contribution in [0.15, 0.2) is 71.1 Å². The summed E-state index contributed by atoms with van der Waals surface area (Å²) in [4.78, 5) is 36.8. The van der Waals surface area contributed by atoms with Crippen molar-refractivity contribution in [3.8, 4) is 5.75 Å². The van der Waals surface area contributed by atoms with E-state index in [0.717, 1.165) is 12.0 Å². The third-order valence-electron chi connectivity index (χ3n) is 6.11. The maximum atomic E-state index is 13.3. The van der Waals surface area contributed by atoms with Gasteiger partial charge in [-0.3, -0.25) is 10.1 Å². The Kier molecular flexibility index (Phi) is 10.0. The molecule has 0 spiro atoms. The van der Waals surface area contributed by atoms with Crippen LogP contribution in [0, 0.1) is 10.1 Å². The summed E-state index contributed by atoms with van der Waals surface area (Å²) in [6.45, 7) is 4.44. The Bertz CT molecular complexity index is 1230. The van der Waals surface area contributed by atoms with E-state index in [-0.39, 0.29) is 23.4 Å². The van der Waals surface area contributed by atoms with Crippen LogP contribution in [0.2, 0.25) is 0 Å². The summed E-state index contributed by atoms with van der Waals surface area (Å²) in [5, 5.41) is 14.4. The van der Waals surface area contributed by atoms with Crippen LogP contribution >= 0.6 is 0 Å². The van der Waals surface area contributed by atoms with Crippen molar-refractivity contribution in [1.29, 1.82) is 0 Å². The fourth-order valence-electron chi connectivity index (χ4n) is 4.26. The van der Waals surface area contributed by atoms with Gasteiger partial charge in [0.1, 0.15) is 5.75 Å². The molecule has 1 aliphatic rings. The number of dihydropyridines is 1. The normalized spacial score (nSPS) is 15.1. The van der Waals surface area contributed by atoms with Gasteiger partial charge in [-0.1, -0.05) is 24.3 Å². The fraction of sp³-hybridized carbons (Fsp3) is 0.357. The van der Waals surface area contributed by atoms with Crippen molar-refractivity contribution in [2.24, 2.45) is 0 Å². The third kappa shape index (κ3) is 6.98. The molecule has 1 atom stereocenters. The molecule has 0 bridgehead atoms. The number of nitrogens with one attached hydrogen (secondary N) is 1. The smallest absolute Gasteiger partial charge is 0.336 e. The van der Waals surface area contributed by atoms with Gasteiger partial charge in [-0.05, 0) is 43.5 Å². The van der Waals surface area contributed by atoms with Crippen molar-refractivity contribution in [3.05, 3.63) is 92.3 Å². The monoisotopic (exact) mass is 524 g/mol. The number of carbonyl (C=O) groups excluding carboxylic acids is 2. The number of benzene rings is 2. The number of esters is 2. The predicted molar refractivity (Wildman–Crippen MR) is 139 cm³/mol. The van der Waals surface area contributed by atoms with Gasteiger partial charge < -0.3 is 24.3 Å². The first-order chi connectivity index (χ1) is 18.3. The van der Waals surface area contributed by atoms with Crippen LogP contribution < -0.4 is 10.1 Å². The number of methoxy groups -OCH3 is 2. The molecule has 0 fully saturated rings. The number of carbonyl (C=O) groups is 2. The zero-order valence-corrected chi connectivity index (χ0v) is 21.9. The van der Waals surface area contributed by atoms with E-state index in [1.807, 2.05) is 24.3 Å². The molecular weight excluding hydrogens is 492 g/mol. The lowest BCUT2D eigenvalue weighted by molar-refractivity contribution is -0.384. The molecule has 0 radical (unpaired) electrons. The second kappa shape index (κ2) is 13.4. The summed E-state index contributed by atoms with van der Waals surface area (Å²) < 4.78 is 21.3. The number of nitro benzene ring substituents is 1. The molecule has 0 aromatic heterocycles. The largest absolute Gasteiger partial charge is 0.493 e. The first-order valence-electron chi connectivity index (χ1n) is 12.2. The Morgan fingerprint density at radius 3 is 2.26 bits per heavy atom. The number of allylic oxidation sites excluding steroid dienone is 2. The lowest BCUT2D eigenvalue weighted by Gasteiger charge is -2.30. The molecule has 0 saturated carbocycles. The minimum absolute atomic E-state index is 0.0828. The molecule has 0 aliphatic carbocycles. The van der Waals surface area contributed by atoms with Gasteiger partial charge in [0.25, 0.3) is 5.69 Å². The number of ether oxygens (including phenoxy) is 4. The van der Waals surface area contributed by atoms with Crippen LogP contribution in [-0.2, 0) is 30.2 Å². The molecule has 1 N–H and O–H groups in total. The Labute approximate surface area is 221 Å². The molecule has 10 nitrogen and oxygen atoms in total. The Morgan fingerprint density at radius 2 is 1.63 bits per heavy atom. The van der Waals surface area contributed by atoms with E-state index in [4.69, 9.17) is 18.9 Å². The first kappa shape index (κ1) is 28.4. The fourth-order valence-corrected chi connectivity index (χ4v) is 4.26. The minimum Gasteiger partial charge on any atom is -0.493 e. The van der Waals surface area contributed by atoms with E-state index in [9.17, 15) is 19.7 Å². The van der Waals surface area contributed by atoms with E-state index in [1.54, 1.807) is 27.0 Å². The SMILES string of the molecule is COCCc1ccc(OCCCOC(=O)C2=C(C)NC(C)=C(C(=O)OC)[C@@H]2c2cccc([N+](=O)[O-])c2)cc1. The van der Waals surface area contributed by atoms with Gasteiger partial charge in [-0.2, -0.15) is 0 Å². The first-order valence-corrected chi connectivity index (χ1v) is 12.2. The van der Waals surface area contributed by atoms with Crippen LogP contribution in [0.25, 0.3) is 0 Å². The Balaban J connectivity index is 1.70. The van der Waals surface area contributed by atoms with Crippen LogP contribution in [0.1, 0.15) is 37.3 Å². The second-order valence-corrected chi connectivity index (χ2v) is 8.70. The lowest BCUT2D eigenvalue weighted by Crippen LogP contribution is -2.32. The number of non-ortho nitro benzene ring substituents is 1. The summed E-state index contributed by atoms with van der Waals surface area (Å²) in [5.41, 5.74) is 2.74. The quantitative estimate of drug-likeness (QED) is 0.188. The summed E-state index contributed by atoms with van der Waals surface area (Å²) in [6.07, 6.45) is 1.26. The van der Waals surface area contributed by atoms with E-state index >= 15 is 0 Å². The summed E-state index contributed by atoms with van der Waals surface area (Å²) in [6, 6.07) is 13.6. The van der Waals surface area contributed by atoms with Crippen molar-refractivity contribution in [1.82, 2.24) is 5.32 Å². The van der Waals surface area contributed by atoms with Gasteiger partial charge in [-0.15, -0.1) is 0 Å². The van der Waals surface area contributed by atoms with E-state index in [0.29, 0.717) is 42.3 Å². The standard InChI is InChI=1S/C28H32N2O8/c1-18-24(27(31)36-4)26(21-7-5-8-22(17-21)30(33)34)25(19(2)29-18)28(32)38-15-6-14-37-23-11-9-20(10-12-23)13-16-35-3/h5,7-12,17,26,29H,6,13-16H2,1-4H3/t26-/m0/s1. The van der Waals surface area contributed by atoms with Gasteiger partial charge >= 0.3 is 11.9 Å². The van der Waals surface area contributed by atoms with E-state index in [2.05, 4.69) is 5.32 Å². The molecule has 38 heavy (non-hydrogen) atoms. The number of hydrogen-bond donors (Lipinski definition) is 1. The highest BCUT2D eigenvalue weighted by Crippen LogP contribution is 2.40. The van der Waals surface area contributed by atoms with E-state index < -0.39 is 22.8 Å². The number of nitrogens with zero attached hydrogens (tertiary/aromatic N) is 1. The van der Waals surface area contributed by atoms with Gasteiger partial charge in [0.05, 0.1) is 48.9 Å². The molecule has 3 rings (SSSR count). The summed E-state index contributed by atoms with van der Waals surface area (Å²) in [5.74, 6) is -1.47. The molecule has 0 amide bonds. The Morgan fingerprint density at radius 1 is 0.947 bits per heavy atom. The Hall–Kier alpha value is -4.18. The lowest BCUT2D eigenvalue weighted by atomic mass is 9.80. The zero-order valence-electron chi connectivity index (χ0n) is 21.9. The molecule has 0 unspecified atom stereocenters. The highest BCUT2D eigenvalue weighted by atomic mass is 16.6. The number of hydrogen-bond acceptors (Lipinski definition) is 9. The molecule has 1 heterocycles. The van der Waals surface area contributed by atoms with Crippen molar-refractivity contribution in [2.45, 2.75) is 32.6 Å². The maximum absolute atomic E-state index is 13.3. The molecular formula is C28H32N2O8. The van der Waals surface area contributed by atoms with Crippen LogP contribution in [0.4, 0.5) is 5.69 Å². The molecule has 2 aromatic rings. The third-order valence-corrected chi connectivity index (χ3v) is 6.11. The molecule has 1 aliphatic heterocycles. The molecule has 0 saturated heterocycles. The van der Waals surface area contributed by atoms with Gasteiger partial charge in [0, 0.05) is 37.1 Å². The predicted octanol–water partition coefficient (Wildman–Crippen LogP) is 4.20. The van der Waals surface area contributed by atoms with Crippen LogP contribution in [0.5, 0.6) is 5.75 Å². The van der Waals surface area contributed by atoms with Gasteiger partial charge in [-0.25, -0.2) is 9.59 Å². The molecule has 202 valence electrons. The molecule has 10 heteroatoms.